The van der Waals surface area contributed by atoms with E-state index < -0.39 is 17.6 Å². The van der Waals surface area contributed by atoms with Crippen LogP contribution in [0.25, 0.3) is 0 Å². The van der Waals surface area contributed by atoms with Crippen LogP contribution in [-0.4, -0.2) is 58.7 Å². The van der Waals surface area contributed by atoms with Crippen molar-refractivity contribution in [1.82, 2.24) is 15.0 Å². The van der Waals surface area contributed by atoms with Crippen LogP contribution in [0, 0.1) is 6.92 Å². The zero-order valence-corrected chi connectivity index (χ0v) is 20.7. The number of nitrogens with two attached hydrogens (primary N) is 1. The van der Waals surface area contributed by atoms with Gasteiger partial charge in [-0.25, -0.2) is 15.0 Å². The topological polar surface area (TPSA) is 118 Å². The van der Waals surface area contributed by atoms with Crippen molar-refractivity contribution in [2.45, 2.75) is 70.9 Å². The Hall–Kier alpha value is -2.94. The van der Waals surface area contributed by atoms with E-state index in [1.54, 1.807) is 6.33 Å². The molecule has 0 amide bonds. The van der Waals surface area contributed by atoms with Gasteiger partial charge in [0.25, 0.3) is 0 Å². The molecule has 1 unspecified atom stereocenters. The summed E-state index contributed by atoms with van der Waals surface area (Å²) in [5, 5.41) is 6.65. The largest absolute Gasteiger partial charge is 0.459 e. The molecule has 34 heavy (non-hydrogen) atoms. The van der Waals surface area contributed by atoms with Crippen molar-refractivity contribution >= 4 is 23.4 Å². The molecule has 1 saturated heterocycles. The van der Waals surface area contributed by atoms with Crippen LogP contribution < -0.4 is 21.3 Å². The Bertz CT molecular complexity index is 1010. The van der Waals surface area contributed by atoms with E-state index in [1.807, 2.05) is 27.7 Å². The average molecular weight is 468 g/mol. The zero-order chi connectivity index (χ0) is 24.3. The van der Waals surface area contributed by atoms with Crippen molar-refractivity contribution in [1.29, 1.82) is 0 Å². The SMILES string of the molecule is Cc1c(NCC(N)C(=O)OC(C)(C)C)ncnc1N1CCC(c2ccc3c(n2)NCCC3)CC1. The minimum Gasteiger partial charge on any atom is -0.459 e. The van der Waals surface area contributed by atoms with E-state index in [9.17, 15) is 4.79 Å². The first-order valence-electron chi connectivity index (χ1n) is 12.2. The van der Waals surface area contributed by atoms with Gasteiger partial charge in [0.2, 0.25) is 0 Å². The number of pyridine rings is 1. The van der Waals surface area contributed by atoms with Crippen molar-refractivity contribution in [3.63, 3.8) is 0 Å². The number of anilines is 3. The normalized spacial score (nSPS) is 17.5. The van der Waals surface area contributed by atoms with Crippen LogP contribution in [-0.2, 0) is 16.0 Å². The Labute approximate surface area is 201 Å². The van der Waals surface area contributed by atoms with Crippen molar-refractivity contribution in [3.05, 3.63) is 35.3 Å². The summed E-state index contributed by atoms with van der Waals surface area (Å²) in [6, 6.07) is 3.68. The lowest BCUT2D eigenvalue weighted by atomic mass is 9.92. The summed E-state index contributed by atoms with van der Waals surface area (Å²) in [5.74, 6) is 2.70. The maximum atomic E-state index is 12.2. The molecule has 1 fully saturated rings. The number of rotatable bonds is 6. The Kier molecular flexibility index (Phi) is 7.21. The third kappa shape index (κ3) is 5.75. The van der Waals surface area contributed by atoms with Gasteiger partial charge in [0.15, 0.2) is 0 Å². The molecule has 0 bridgehead atoms. The highest BCUT2D eigenvalue weighted by Gasteiger charge is 2.26. The van der Waals surface area contributed by atoms with Crippen molar-refractivity contribution in [2.75, 3.05) is 41.7 Å². The highest BCUT2D eigenvalue weighted by Crippen LogP contribution is 2.33. The third-order valence-corrected chi connectivity index (χ3v) is 6.38. The number of ether oxygens (including phenoxy) is 1. The van der Waals surface area contributed by atoms with E-state index in [1.165, 1.54) is 17.7 Å². The Balaban J connectivity index is 1.36. The molecular weight excluding hydrogens is 430 g/mol. The molecule has 0 saturated carbocycles. The summed E-state index contributed by atoms with van der Waals surface area (Å²) < 4.78 is 5.36. The van der Waals surface area contributed by atoms with Crippen molar-refractivity contribution in [3.8, 4) is 0 Å². The van der Waals surface area contributed by atoms with Crippen molar-refractivity contribution < 1.29 is 9.53 Å². The van der Waals surface area contributed by atoms with Gasteiger partial charge in [-0.05, 0) is 65.0 Å². The van der Waals surface area contributed by atoms with E-state index in [0.717, 1.165) is 56.1 Å². The molecule has 0 aromatic carbocycles. The second-order valence-electron chi connectivity index (χ2n) is 10.2. The molecule has 1 atom stereocenters. The molecule has 9 heteroatoms. The smallest absolute Gasteiger partial charge is 0.325 e. The second kappa shape index (κ2) is 10.1. The predicted octanol–water partition coefficient (Wildman–Crippen LogP) is 3.00. The summed E-state index contributed by atoms with van der Waals surface area (Å²) in [6.45, 7) is 10.5. The van der Waals surface area contributed by atoms with Gasteiger partial charge in [0.1, 0.15) is 35.4 Å². The summed E-state index contributed by atoms with van der Waals surface area (Å²) >= 11 is 0. The van der Waals surface area contributed by atoms with Crippen LogP contribution in [0.4, 0.5) is 17.5 Å². The molecule has 0 radical (unpaired) electrons. The average Bonchev–Trinajstić information content (AvgIpc) is 2.82. The van der Waals surface area contributed by atoms with Crippen LogP contribution in [0.3, 0.4) is 0 Å². The maximum Gasteiger partial charge on any atom is 0.325 e. The first kappa shape index (κ1) is 24.2. The molecule has 4 heterocycles. The molecule has 2 aromatic heterocycles. The van der Waals surface area contributed by atoms with Crippen LogP contribution in [0.5, 0.6) is 0 Å². The van der Waals surface area contributed by atoms with E-state index >= 15 is 0 Å². The van der Waals surface area contributed by atoms with Gasteiger partial charge in [0.05, 0.1) is 0 Å². The van der Waals surface area contributed by atoms with Crippen LogP contribution in [0.15, 0.2) is 18.5 Å². The van der Waals surface area contributed by atoms with E-state index in [0.29, 0.717) is 11.7 Å². The molecule has 0 spiro atoms. The molecule has 4 N–H and O–H groups in total. The van der Waals surface area contributed by atoms with Gasteiger partial charge in [-0.3, -0.25) is 4.79 Å². The molecule has 4 rings (SSSR count). The van der Waals surface area contributed by atoms with Crippen LogP contribution >= 0.6 is 0 Å². The first-order chi connectivity index (χ1) is 16.2. The number of esters is 1. The van der Waals surface area contributed by atoms with Crippen LogP contribution in [0.2, 0.25) is 0 Å². The van der Waals surface area contributed by atoms with Gasteiger partial charge in [-0.2, -0.15) is 0 Å². The fourth-order valence-electron chi connectivity index (χ4n) is 4.56. The number of hydrogen-bond acceptors (Lipinski definition) is 9. The number of nitrogens with zero attached hydrogens (tertiary/aromatic N) is 4. The number of hydrogen-bond donors (Lipinski definition) is 3. The van der Waals surface area contributed by atoms with Gasteiger partial charge in [0, 0.05) is 43.4 Å². The molecule has 9 nitrogen and oxygen atoms in total. The Morgan fingerprint density at radius 2 is 2.06 bits per heavy atom. The summed E-state index contributed by atoms with van der Waals surface area (Å²) in [6.07, 6.45) is 5.91. The molecule has 184 valence electrons. The predicted molar refractivity (Wildman–Crippen MR) is 134 cm³/mol. The highest BCUT2D eigenvalue weighted by molar-refractivity contribution is 5.76. The lowest BCUT2D eigenvalue weighted by Gasteiger charge is -2.34. The van der Waals surface area contributed by atoms with Crippen LogP contribution in [0.1, 0.15) is 62.8 Å². The number of aryl methyl sites for hydroxylation is 1. The quantitative estimate of drug-likeness (QED) is 0.551. The molecule has 2 aliphatic heterocycles. The van der Waals surface area contributed by atoms with Gasteiger partial charge >= 0.3 is 5.97 Å². The molecule has 2 aliphatic rings. The van der Waals surface area contributed by atoms with Gasteiger partial charge in [-0.1, -0.05) is 6.07 Å². The lowest BCUT2D eigenvalue weighted by molar-refractivity contribution is -0.156. The molecule has 0 aliphatic carbocycles. The minimum atomic E-state index is -0.772. The second-order valence-corrected chi connectivity index (χ2v) is 10.2. The Morgan fingerprint density at radius 1 is 1.29 bits per heavy atom. The standard InChI is InChI=1S/C25H37N7O2/c1-16-21(28-14-19(26)24(33)34-25(2,3)4)29-15-30-23(16)32-12-9-17(10-13-32)20-8-7-18-6-5-11-27-22(18)31-20/h7-8,15,17,19H,5-6,9-14,26H2,1-4H3,(H,27,31)(H,28,29,30). The number of carbonyl (C=O) groups excluding carboxylic acids is 1. The number of nitrogens with one attached hydrogen (secondary N) is 2. The Morgan fingerprint density at radius 3 is 2.79 bits per heavy atom. The molecular formula is C25H37N7O2. The molecule has 2 aromatic rings. The zero-order valence-electron chi connectivity index (χ0n) is 20.7. The first-order valence-corrected chi connectivity index (χ1v) is 12.2. The van der Waals surface area contributed by atoms with E-state index in [-0.39, 0.29) is 6.54 Å². The van der Waals surface area contributed by atoms with Crippen molar-refractivity contribution in [2.24, 2.45) is 5.73 Å². The van der Waals surface area contributed by atoms with E-state index in [4.69, 9.17) is 15.5 Å². The maximum absolute atomic E-state index is 12.2. The fraction of sp³-hybridized carbons (Fsp3) is 0.600. The monoisotopic (exact) mass is 467 g/mol. The highest BCUT2D eigenvalue weighted by atomic mass is 16.6. The fourth-order valence-corrected chi connectivity index (χ4v) is 4.56. The summed E-state index contributed by atoms with van der Waals surface area (Å²) in [4.78, 5) is 28.3. The number of piperidine rings is 1. The summed E-state index contributed by atoms with van der Waals surface area (Å²) in [5.41, 5.74) is 8.92. The minimum absolute atomic E-state index is 0.242. The lowest BCUT2D eigenvalue weighted by Crippen LogP contribution is -2.42. The van der Waals surface area contributed by atoms with Gasteiger partial charge < -0.3 is 26.0 Å². The number of carbonyl (C=O) groups is 1. The summed E-state index contributed by atoms with van der Waals surface area (Å²) in [7, 11) is 0. The van der Waals surface area contributed by atoms with Gasteiger partial charge in [-0.15, -0.1) is 0 Å². The number of aromatic nitrogens is 3. The van der Waals surface area contributed by atoms with E-state index in [2.05, 4.69) is 37.6 Å². The number of fused-ring (bicyclic) bond motifs is 1. The third-order valence-electron chi connectivity index (χ3n) is 6.38.